The Bertz CT molecular complexity index is 565. The average Bonchev–Trinajstić information content (AvgIpc) is 2.63. The molecule has 1 aromatic rings. The fraction of sp³-hybridized carbons (Fsp3) is 0.765. The van der Waals surface area contributed by atoms with Crippen molar-refractivity contribution < 1.29 is 28.4 Å². The average molecular weight is 372 g/mol. The van der Waals surface area contributed by atoms with E-state index < -0.39 is 0 Å². The van der Waals surface area contributed by atoms with Crippen LogP contribution in [0.1, 0.15) is 17.1 Å². The van der Waals surface area contributed by atoms with Crippen LogP contribution in [-0.4, -0.2) is 76.0 Å². The highest BCUT2D eigenvalue weighted by molar-refractivity contribution is 5.15. The number of rotatable bonds is 0. The van der Waals surface area contributed by atoms with Crippen molar-refractivity contribution in [1.82, 2.24) is 9.97 Å². The Morgan fingerprint density at radius 1 is 0.692 bits per heavy atom. The number of hydrogen-bond acceptors (Lipinski definition) is 8. The smallest absolute Gasteiger partial charge is 0.254 e. The first-order chi connectivity index (χ1) is 12.8. The van der Waals surface area contributed by atoms with Crippen LogP contribution in [0.5, 0.6) is 0 Å². The number of nitrogens with one attached hydrogen (secondary N) is 1. The largest absolute Gasteiger partial charge is 0.377 e. The van der Waals surface area contributed by atoms with Crippen molar-refractivity contribution in [3.05, 3.63) is 27.4 Å². The molecular weight excluding hydrogens is 344 g/mol. The van der Waals surface area contributed by atoms with E-state index in [9.17, 15) is 4.79 Å². The van der Waals surface area contributed by atoms with Gasteiger partial charge in [0.05, 0.1) is 78.4 Å². The minimum Gasteiger partial charge on any atom is -0.377 e. The van der Waals surface area contributed by atoms with Gasteiger partial charge in [-0.2, -0.15) is 0 Å². The SMILES string of the molecule is Cc1c2nc([nH]c1=O)COCCOCCOCCOCCOCCOC2. The van der Waals surface area contributed by atoms with E-state index in [0.29, 0.717) is 83.2 Å². The number of fused-ring (bicyclic) bond motifs is 2. The molecule has 0 aromatic carbocycles. The number of H-pyrrole nitrogens is 1. The Balaban J connectivity index is 1.85. The van der Waals surface area contributed by atoms with Gasteiger partial charge >= 0.3 is 0 Å². The normalized spacial score (nSPS) is 20.2. The van der Waals surface area contributed by atoms with Crippen molar-refractivity contribution in [1.29, 1.82) is 0 Å². The van der Waals surface area contributed by atoms with E-state index in [0.717, 1.165) is 0 Å². The Labute approximate surface area is 152 Å². The zero-order chi connectivity index (χ0) is 18.5. The fourth-order valence-corrected chi connectivity index (χ4v) is 2.17. The summed E-state index contributed by atoms with van der Waals surface area (Å²) >= 11 is 0. The molecule has 0 atom stereocenters. The van der Waals surface area contributed by atoms with Crippen LogP contribution in [0.4, 0.5) is 0 Å². The van der Waals surface area contributed by atoms with Gasteiger partial charge in [0.1, 0.15) is 12.4 Å². The lowest BCUT2D eigenvalue weighted by Gasteiger charge is -2.09. The molecule has 0 amide bonds. The standard InChI is InChI=1S/C17H28N2O7/c1-14-15-12-25-10-8-23-6-4-21-2-3-22-5-7-24-9-11-26-13-16(18-15)19-17(14)20/h2-13H2,1H3,(H,18,19,20). The summed E-state index contributed by atoms with van der Waals surface area (Å²) < 4.78 is 32.6. The second-order valence-electron chi connectivity index (χ2n) is 5.64. The van der Waals surface area contributed by atoms with E-state index in [4.69, 9.17) is 28.4 Å². The topological polar surface area (TPSA) is 101 Å². The Morgan fingerprint density at radius 2 is 1.12 bits per heavy atom. The number of hydrogen-bond donors (Lipinski definition) is 1. The molecule has 9 heteroatoms. The Hall–Kier alpha value is -1.36. The number of ether oxygens (including phenoxy) is 6. The van der Waals surface area contributed by atoms with Crippen LogP contribution in [-0.2, 0) is 41.6 Å². The summed E-state index contributed by atoms with van der Waals surface area (Å²) in [5, 5.41) is 0. The maximum absolute atomic E-state index is 12.0. The third-order valence-electron chi connectivity index (χ3n) is 3.64. The van der Waals surface area contributed by atoms with Crippen molar-refractivity contribution in [2.45, 2.75) is 20.1 Å². The van der Waals surface area contributed by atoms with Gasteiger partial charge in [0.2, 0.25) is 0 Å². The summed E-state index contributed by atoms with van der Waals surface area (Å²) in [7, 11) is 0. The van der Waals surface area contributed by atoms with Crippen molar-refractivity contribution >= 4 is 0 Å². The Kier molecular flexibility index (Phi) is 10.4. The number of nitrogens with zero attached hydrogens (tertiary/aromatic N) is 1. The van der Waals surface area contributed by atoms with Gasteiger partial charge in [0, 0.05) is 5.56 Å². The fourth-order valence-electron chi connectivity index (χ4n) is 2.17. The van der Waals surface area contributed by atoms with Gasteiger partial charge in [-0.3, -0.25) is 4.79 Å². The van der Waals surface area contributed by atoms with Gasteiger partial charge in [0.25, 0.3) is 5.56 Å². The molecule has 26 heavy (non-hydrogen) atoms. The van der Waals surface area contributed by atoms with Crippen LogP contribution in [0, 0.1) is 6.92 Å². The van der Waals surface area contributed by atoms with Gasteiger partial charge in [-0.15, -0.1) is 0 Å². The molecule has 1 aliphatic heterocycles. The molecule has 0 radical (unpaired) electrons. The molecule has 1 aliphatic rings. The highest BCUT2D eigenvalue weighted by Gasteiger charge is 2.08. The third kappa shape index (κ3) is 8.35. The minimum atomic E-state index is -0.183. The molecule has 1 aromatic heterocycles. The van der Waals surface area contributed by atoms with Gasteiger partial charge in [-0.25, -0.2) is 4.98 Å². The van der Waals surface area contributed by atoms with Crippen molar-refractivity contribution in [3.8, 4) is 0 Å². The van der Waals surface area contributed by atoms with Crippen LogP contribution in [0.25, 0.3) is 0 Å². The maximum Gasteiger partial charge on any atom is 0.254 e. The predicted octanol–water partition coefficient (Wildman–Crippen LogP) is 0.192. The summed E-state index contributed by atoms with van der Waals surface area (Å²) in [5.74, 6) is 0.474. The molecule has 9 nitrogen and oxygen atoms in total. The first kappa shape index (κ1) is 20.9. The second-order valence-corrected chi connectivity index (χ2v) is 5.64. The van der Waals surface area contributed by atoms with E-state index in [1.807, 2.05) is 0 Å². The number of aromatic amines is 1. The van der Waals surface area contributed by atoms with E-state index >= 15 is 0 Å². The van der Waals surface area contributed by atoms with Gasteiger partial charge < -0.3 is 33.4 Å². The van der Waals surface area contributed by atoms with Crippen molar-refractivity contribution in [2.24, 2.45) is 0 Å². The zero-order valence-corrected chi connectivity index (χ0v) is 15.3. The van der Waals surface area contributed by atoms with Crippen LogP contribution < -0.4 is 5.56 Å². The van der Waals surface area contributed by atoms with Crippen LogP contribution in [0.15, 0.2) is 4.79 Å². The van der Waals surface area contributed by atoms with Crippen molar-refractivity contribution in [3.63, 3.8) is 0 Å². The van der Waals surface area contributed by atoms with Gasteiger partial charge in [0.15, 0.2) is 0 Å². The van der Waals surface area contributed by atoms with E-state index in [1.54, 1.807) is 6.92 Å². The number of aromatic nitrogens is 2. The first-order valence-electron chi connectivity index (χ1n) is 8.82. The molecular formula is C17H28N2O7. The molecule has 2 bridgehead atoms. The Morgan fingerprint density at radius 3 is 1.62 bits per heavy atom. The van der Waals surface area contributed by atoms with Gasteiger partial charge in [-0.1, -0.05) is 0 Å². The highest BCUT2D eigenvalue weighted by Crippen LogP contribution is 2.03. The van der Waals surface area contributed by atoms with Crippen molar-refractivity contribution in [2.75, 3.05) is 66.1 Å². The van der Waals surface area contributed by atoms with Crippen LogP contribution in [0.3, 0.4) is 0 Å². The lowest BCUT2D eigenvalue weighted by Crippen LogP contribution is -2.20. The highest BCUT2D eigenvalue weighted by atomic mass is 16.6. The van der Waals surface area contributed by atoms with Crippen LogP contribution in [0.2, 0.25) is 0 Å². The molecule has 2 rings (SSSR count). The summed E-state index contributed by atoms with van der Waals surface area (Å²) in [6, 6.07) is 0. The molecule has 148 valence electrons. The quantitative estimate of drug-likeness (QED) is 0.689. The maximum atomic E-state index is 12.0. The molecule has 0 unspecified atom stereocenters. The third-order valence-corrected chi connectivity index (χ3v) is 3.64. The summed E-state index contributed by atoms with van der Waals surface area (Å²) in [4.78, 5) is 19.1. The molecule has 0 aliphatic carbocycles. The van der Waals surface area contributed by atoms with Crippen LogP contribution >= 0.6 is 0 Å². The second kappa shape index (κ2) is 12.9. The van der Waals surface area contributed by atoms with E-state index in [2.05, 4.69) is 9.97 Å². The molecule has 2 heterocycles. The summed E-state index contributed by atoms with van der Waals surface area (Å²) in [5.41, 5.74) is 0.970. The molecule has 0 saturated heterocycles. The monoisotopic (exact) mass is 372 g/mol. The molecule has 0 fully saturated rings. The first-order valence-corrected chi connectivity index (χ1v) is 8.82. The molecule has 0 spiro atoms. The molecule has 0 saturated carbocycles. The lowest BCUT2D eigenvalue weighted by molar-refractivity contribution is -0.0182. The summed E-state index contributed by atoms with van der Waals surface area (Å²) in [6.45, 7) is 6.97. The lowest BCUT2D eigenvalue weighted by atomic mass is 10.2. The van der Waals surface area contributed by atoms with E-state index in [-0.39, 0.29) is 18.8 Å². The predicted molar refractivity (Wildman–Crippen MR) is 92.2 cm³/mol. The van der Waals surface area contributed by atoms with E-state index in [1.165, 1.54) is 0 Å². The zero-order valence-electron chi connectivity index (χ0n) is 15.3. The minimum absolute atomic E-state index is 0.183. The molecule has 1 N–H and O–H groups in total. The van der Waals surface area contributed by atoms with Gasteiger partial charge in [-0.05, 0) is 6.92 Å². The summed E-state index contributed by atoms with van der Waals surface area (Å²) in [6.07, 6.45) is 0.